The van der Waals surface area contributed by atoms with Crippen molar-refractivity contribution in [2.24, 2.45) is 0 Å². The lowest BCUT2D eigenvalue weighted by atomic mass is 10.1. The van der Waals surface area contributed by atoms with Crippen molar-refractivity contribution in [3.63, 3.8) is 0 Å². The van der Waals surface area contributed by atoms with E-state index in [4.69, 9.17) is 11.6 Å². The number of hydrogen-bond acceptors (Lipinski definition) is 3. The van der Waals surface area contributed by atoms with Gasteiger partial charge in [0.15, 0.2) is 0 Å². The molecule has 0 atom stereocenters. The highest BCUT2D eigenvalue weighted by Crippen LogP contribution is 2.21. The number of nitrogens with zero attached hydrogens (tertiary/aromatic N) is 2. The molecule has 1 aliphatic rings. The van der Waals surface area contributed by atoms with E-state index in [0.29, 0.717) is 29.0 Å². The lowest BCUT2D eigenvalue weighted by molar-refractivity contribution is 0.130. The fraction of sp³-hybridized carbons (Fsp3) is 0.600. The van der Waals surface area contributed by atoms with E-state index < -0.39 is 10.0 Å². The van der Waals surface area contributed by atoms with Crippen molar-refractivity contribution < 1.29 is 8.42 Å². The van der Waals surface area contributed by atoms with E-state index in [1.54, 1.807) is 28.6 Å². The van der Waals surface area contributed by atoms with Crippen LogP contribution < -0.4 is 0 Å². The van der Waals surface area contributed by atoms with Crippen LogP contribution in [0.2, 0.25) is 5.02 Å². The molecule has 1 aromatic carbocycles. The van der Waals surface area contributed by atoms with Crippen molar-refractivity contribution in [1.29, 1.82) is 0 Å². The van der Waals surface area contributed by atoms with Gasteiger partial charge in [-0.05, 0) is 37.1 Å². The predicted molar refractivity (Wildman–Crippen MR) is 86.2 cm³/mol. The summed E-state index contributed by atoms with van der Waals surface area (Å²) in [5.41, 5.74) is 0. The van der Waals surface area contributed by atoms with Gasteiger partial charge in [-0.3, -0.25) is 4.90 Å². The number of benzene rings is 1. The Labute approximate surface area is 132 Å². The molecule has 6 heteroatoms. The first-order valence-electron chi connectivity index (χ1n) is 7.48. The maximum absolute atomic E-state index is 12.6. The van der Waals surface area contributed by atoms with Crippen LogP contribution in [0.3, 0.4) is 0 Å². The van der Waals surface area contributed by atoms with Gasteiger partial charge in [0.05, 0.1) is 4.90 Å². The number of rotatable bonds is 5. The number of piperazine rings is 1. The highest BCUT2D eigenvalue weighted by atomic mass is 35.5. The third-order valence-corrected chi connectivity index (χ3v) is 6.35. The minimum absolute atomic E-state index is 0.322. The number of hydrogen-bond donors (Lipinski definition) is 0. The first-order valence-corrected chi connectivity index (χ1v) is 9.30. The smallest absolute Gasteiger partial charge is 0.243 e. The van der Waals surface area contributed by atoms with Gasteiger partial charge in [-0.25, -0.2) is 8.42 Å². The van der Waals surface area contributed by atoms with Gasteiger partial charge in [0.1, 0.15) is 0 Å². The monoisotopic (exact) mass is 330 g/mol. The molecule has 1 fully saturated rings. The highest BCUT2D eigenvalue weighted by Gasteiger charge is 2.30. The highest BCUT2D eigenvalue weighted by molar-refractivity contribution is 7.89. The van der Waals surface area contributed by atoms with Crippen molar-refractivity contribution in [3.8, 4) is 0 Å². The Balaban J connectivity index is 2.06. The van der Waals surface area contributed by atoms with E-state index in [0.717, 1.165) is 25.9 Å². The molecule has 118 valence electrons. The summed E-state index contributed by atoms with van der Waals surface area (Å²) < 4.78 is 26.7. The molecule has 1 saturated heterocycles. The van der Waals surface area contributed by atoms with E-state index in [-0.39, 0.29) is 0 Å². The molecule has 0 saturated carbocycles. The minimum atomic E-state index is -3.39. The van der Waals surface area contributed by atoms with Crippen LogP contribution in [-0.2, 0) is 10.0 Å². The van der Waals surface area contributed by atoms with E-state index in [2.05, 4.69) is 18.7 Å². The van der Waals surface area contributed by atoms with Gasteiger partial charge in [-0.2, -0.15) is 4.31 Å². The summed E-state index contributed by atoms with van der Waals surface area (Å²) >= 11 is 5.82. The molecular weight excluding hydrogens is 308 g/mol. The van der Waals surface area contributed by atoms with Gasteiger partial charge in [0, 0.05) is 37.2 Å². The molecule has 0 amide bonds. The molecule has 0 aromatic heterocycles. The molecule has 0 unspecified atom stereocenters. The van der Waals surface area contributed by atoms with Gasteiger partial charge in [0.2, 0.25) is 10.0 Å². The maximum Gasteiger partial charge on any atom is 0.243 e. The molecule has 21 heavy (non-hydrogen) atoms. The number of halogens is 1. The van der Waals surface area contributed by atoms with E-state index in [1.807, 2.05) is 0 Å². The zero-order valence-electron chi connectivity index (χ0n) is 12.6. The Morgan fingerprint density at radius 1 is 1.05 bits per heavy atom. The Morgan fingerprint density at radius 2 is 1.57 bits per heavy atom. The van der Waals surface area contributed by atoms with Crippen LogP contribution >= 0.6 is 11.6 Å². The van der Waals surface area contributed by atoms with Crippen molar-refractivity contribution in [2.75, 3.05) is 26.2 Å². The molecule has 0 spiro atoms. The first kappa shape index (κ1) is 16.7. The number of sulfonamides is 1. The summed E-state index contributed by atoms with van der Waals surface area (Å²) in [4.78, 5) is 2.72. The molecule has 1 aliphatic heterocycles. The second-order valence-electron chi connectivity index (χ2n) is 5.36. The third kappa shape index (κ3) is 3.77. The predicted octanol–water partition coefficient (Wildman–Crippen LogP) is 2.83. The van der Waals surface area contributed by atoms with Gasteiger partial charge in [-0.1, -0.05) is 25.4 Å². The average molecular weight is 331 g/mol. The van der Waals surface area contributed by atoms with E-state index >= 15 is 0 Å². The van der Waals surface area contributed by atoms with Gasteiger partial charge in [-0.15, -0.1) is 0 Å². The Morgan fingerprint density at radius 3 is 2.05 bits per heavy atom. The maximum atomic E-state index is 12.6. The van der Waals surface area contributed by atoms with Crippen LogP contribution in [0.4, 0.5) is 0 Å². The first-order chi connectivity index (χ1) is 9.98. The Bertz CT molecular complexity index is 548. The minimum Gasteiger partial charge on any atom is -0.298 e. The van der Waals surface area contributed by atoms with Crippen molar-refractivity contribution >= 4 is 21.6 Å². The van der Waals surface area contributed by atoms with Crippen LogP contribution in [0.25, 0.3) is 0 Å². The summed E-state index contributed by atoms with van der Waals surface area (Å²) in [6, 6.07) is 6.95. The molecule has 0 radical (unpaired) electrons. The second kappa shape index (κ2) is 7.09. The fourth-order valence-electron chi connectivity index (χ4n) is 2.87. The summed E-state index contributed by atoms with van der Waals surface area (Å²) in [6.45, 7) is 7.09. The standard InChI is InChI=1S/C15H23ClN2O2S/c1-3-14(4-2)17-9-11-18(12-10-17)21(19,20)15-7-5-13(16)6-8-15/h5-8,14H,3-4,9-12H2,1-2H3. The lowest BCUT2D eigenvalue weighted by Crippen LogP contribution is -2.51. The molecular formula is C15H23ClN2O2S. The van der Waals surface area contributed by atoms with Gasteiger partial charge < -0.3 is 0 Å². The molecule has 2 rings (SSSR count). The van der Waals surface area contributed by atoms with Crippen LogP contribution in [0, 0.1) is 0 Å². The Kier molecular flexibility index (Phi) is 5.66. The second-order valence-corrected chi connectivity index (χ2v) is 7.74. The SMILES string of the molecule is CCC(CC)N1CCN(S(=O)(=O)c2ccc(Cl)cc2)CC1. The fourth-order valence-corrected chi connectivity index (χ4v) is 4.42. The summed E-state index contributed by atoms with van der Waals surface area (Å²) in [5, 5.41) is 0.549. The summed E-state index contributed by atoms with van der Waals surface area (Å²) in [5.74, 6) is 0. The summed E-state index contributed by atoms with van der Waals surface area (Å²) in [7, 11) is -3.39. The zero-order valence-corrected chi connectivity index (χ0v) is 14.2. The largest absolute Gasteiger partial charge is 0.298 e. The molecule has 1 aromatic rings. The van der Waals surface area contributed by atoms with Crippen LogP contribution in [0.15, 0.2) is 29.2 Å². The van der Waals surface area contributed by atoms with Crippen molar-refractivity contribution in [3.05, 3.63) is 29.3 Å². The summed E-state index contributed by atoms with van der Waals surface area (Å²) in [6.07, 6.45) is 2.22. The topological polar surface area (TPSA) is 40.6 Å². The van der Waals surface area contributed by atoms with E-state index in [1.165, 1.54) is 0 Å². The lowest BCUT2D eigenvalue weighted by Gasteiger charge is -2.38. The molecule has 0 aliphatic carbocycles. The van der Waals surface area contributed by atoms with Crippen LogP contribution in [-0.4, -0.2) is 49.8 Å². The van der Waals surface area contributed by atoms with Crippen molar-refractivity contribution in [2.45, 2.75) is 37.6 Å². The van der Waals surface area contributed by atoms with Crippen LogP contribution in [0.1, 0.15) is 26.7 Å². The third-order valence-electron chi connectivity index (χ3n) is 4.18. The van der Waals surface area contributed by atoms with E-state index in [9.17, 15) is 8.42 Å². The molecule has 0 N–H and O–H groups in total. The quantitative estimate of drug-likeness (QED) is 0.833. The van der Waals surface area contributed by atoms with Crippen molar-refractivity contribution in [1.82, 2.24) is 9.21 Å². The van der Waals surface area contributed by atoms with Gasteiger partial charge >= 0.3 is 0 Å². The molecule has 1 heterocycles. The molecule has 0 bridgehead atoms. The van der Waals surface area contributed by atoms with Gasteiger partial charge in [0.25, 0.3) is 0 Å². The van der Waals surface area contributed by atoms with Crippen LogP contribution in [0.5, 0.6) is 0 Å². The normalized spacial score (nSPS) is 18.3. The Hall–Kier alpha value is -0.620. The molecule has 4 nitrogen and oxygen atoms in total. The zero-order chi connectivity index (χ0) is 15.5. The average Bonchev–Trinajstić information content (AvgIpc) is 2.49.